The molecule has 3 aromatic rings. The van der Waals surface area contributed by atoms with Crippen molar-refractivity contribution in [3.8, 4) is 5.95 Å². The van der Waals surface area contributed by atoms with E-state index in [0.29, 0.717) is 22.3 Å². The molecule has 0 bridgehead atoms. The molecule has 3 aromatic heterocycles. The van der Waals surface area contributed by atoms with Gasteiger partial charge in [-0.05, 0) is 35.0 Å². The van der Waals surface area contributed by atoms with Crippen molar-refractivity contribution in [3.05, 3.63) is 18.7 Å². The molecule has 4 rings (SSSR count). The minimum atomic E-state index is 0.140. The molecule has 0 aliphatic heterocycles. The van der Waals surface area contributed by atoms with Gasteiger partial charge in [-0.1, -0.05) is 0 Å². The molecule has 0 spiro atoms. The third kappa shape index (κ3) is 2.42. The number of nitrogens with zero attached hydrogens (tertiary/aromatic N) is 9. The Kier molecular flexibility index (Phi) is 2.77. The van der Waals surface area contributed by atoms with Gasteiger partial charge >= 0.3 is 0 Å². The third-order valence-corrected chi connectivity index (χ3v) is 3.71. The highest BCUT2D eigenvalue weighted by Gasteiger charge is 2.28. The zero-order chi connectivity index (χ0) is 14.2. The van der Waals surface area contributed by atoms with Gasteiger partial charge in [0.2, 0.25) is 22.2 Å². The molecule has 11 heteroatoms. The highest BCUT2D eigenvalue weighted by molar-refractivity contribution is 7.99. The fourth-order valence-corrected chi connectivity index (χ4v) is 2.57. The molecular weight excluding hydrogens is 292 g/mol. The van der Waals surface area contributed by atoms with Gasteiger partial charge in [-0.25, -0.2) is 9.67 Å². The molecule has 0 aromatic carbocycles. The number of nitrogen functional groups attached to an aromatic ring is 1. The van der Waals surface area contributed by atoms with Gasteiger partial charge in [-0.15, -0.1) is 5.10 Å². The van der Waals surface area contributed by atoms with Crippen LogP contribution in [-0.2, 0) is 0 Å². The lowest BCUT2D eigenvalue weighted by Crippen LogP contribution is -2.06. The van der Waals surface area contributed by atoms with E-state index in [1.807, 2.05) is 0 Å². The lowest BCUT2D eigenvalue weighted by molar-refractivity contribution is 0.565. The van der Waals surface area contributed by atoms with Crippen LogP contribution in [0, 0.1) is 0 Å². The van der Waals surface area contributed by atoms with Crippen molar-refractivity contribution in [2.45, 2.75) is 29.2 Å². The van der Waals surface area contributed by atoms with Crippen LogP contribution in [0.1, 0.15) is 18.9 Å². The van der Waals surface area contributed by atoms with E-state index in [1.54, 1.807) is 28.0 Å². The van der Waals surface area contributed by atoms with Gasteiger partial charge in [-0.2, -0.15) is 15.0 Å². The second kappa shape index (κ2) is 4.77. The van der Waals surface area contributed by atoms with Crippen LogP contribution in [0.2, 0.25) is 0 Å². The second-order valence-electron chi connectivity index (χ2n) is 4.49. The first-order valence-electron chi connectivity index (χ1n) is 6.25. The van der Waals surface area contributed by atoms with Crippen molar-refractivity contribution in [2.24, 2.45) is 0 Å². The Labute approximate surface area is 122 Å². The molecule has 1 aliphatic carbocycles. The molecule has 1 aliphatic rings. The molecule has 0 unspecified atom stereocenters. The molecule has 0 amide bonds. The molecule has 0 saturated heterocycles. The van der Waals surface area contributed by atoms with Crippen LogP contribution in [0.25, 0.3) is 5.95 Å². The SMILES string of the molecule is Nc1nc(Sc2nnnn2C2CC2)nc(-n2ccnc2)n1. The maximum Gasteiger partial charge on any atom is 0.240 e. The molecule has 0 radical (unpaired) electrons. The predicted molar refractivity (Wildman–Crippen MR) is 71.6 cm³/mol. The zero-order valence-corrected chi connectivity index (χ0v) is 11.6. The first kappa shape index (κ1) is 12.2. The van der Waals surface area contributed by atoms with E-state index in [-0.39, 0.29) is 5.95 Å². The predicted octanol–water partition coefficient (Wildman–Crippen LogP) is 0.112. The number of nitrogens with two attached hydrogens (primary N) is 1. The van der Waals surface area contributed by atoms with E-state index in [9.17, 15) is 0 Å². The minimum Gasteiger partial charge on any atom is -0.368 e. The van der Waals surface area contributed by atoms with Gasteiger partial charge < -0.3 is 5.73 Å². The molecule has 1 fully saturated rings. The number of hydrogen-bond donors (Lipinski definition) is 1. The molecule has 1 saturated carbocycles. The van der Waals surface area contributed by atoms with Crippen LogP contribution in [-0.4, -0.2) is 44.7 Å². The minimum absolute atomic E-state index is 0.140. The highest BCUT2D eigenvalue weighted by atomic mass is 32.2. The molecule has 3 heterocycles. The molecule has 106 valence electrons. The lowest BCUT2D eigenvalue weighted by atomic mass is 10.7. The van der Waals surface area contributed by atoms with E-state index in [2.05, 4.69) is 35.5 Å². The fourth-order valence-electron chi connectivity index (χ4n) is 1.78. The number of imidazole rings is 1. The van der Waals surface area contributed by atoms with E-state index >= 15 is 0 Å². The first-order chi connectivity index (χ1) is 10.3. The Bertz CT molecular complexity index is 762. The van der Waals surface area contributed by atoms with Crippen molar-refractivity contribution in [1.82, 2.24) is 44.7 Å². The largest absolute Gasteiger partial charge is 0.368 e. The van der Waals surface area contributed by atoms with Crippen LogP contribution in [0.3, 0.4) is 0 Å². The van der Waals surface area contributed by atoms with Crippen LogP contribution in [0.4, 0.5) is 5.95 Å². The van der Waals surface area contributed by atoms with Crippen molar-refractivity contribution in [3.63, 3.8) is 0 Å². The van der Waals surface area contributed by atoms with Crippen molar-refractivity contribution in [1.29, 1.82) is 0 Å². The topological polar surface area (TPSA) is 126 Å². The number of hydrogen-bond acceptors (Lipinski definition) is 9. The molecule has 2 N–H and O–H groups in total. The van der Waals surface area contributed by atoms with Gasteiger partial charge in [0.15, 0.2) is 0 Å². The Morgan fingerprint density at radius 2 is 2.14 bits per heavy atom. The number of tetrazole rings is 1. The standard InChI is InChI=1S/C10H10N10S/c11-7-13-8(19-4-3-12-5-19)15-9(14-7)21-10-16-17-18-20(10)6-1-2-6/h3-6H,1-2H2,(H2,11,13,14,15). The highest BCUT2D eigenvalue weighted by Crippen LogP contribution is 2.37. The molecular formula is C10H10N10S. The fraction of sp³-hybridized carbons (Fsp3) is 0.300. The number of rotatable bonds is 4. The molecule has 21 heavy (non-hydrogen) atoms. The summed E-state index contributed by atoms with van der Waals surface area (Å²) in [5, 5.41) is 12.8. The second-order valence-corrected chi connectivity index (χ2v) is 5.42. The van der Waals surface area contributed by atoms with E-state index in [1.165, 1.54) is 11.8 Å². The van der Waals surface area contributed by atoms with Crippen LogP contribution in [0.15, 0.2) is 29.0 Å². The van der Waals surface area contributed by atoms with Gasteiger partial charge in [0, 0.05) is 12.4 Å². The first-order valence-corrected chi connectivity index (χ1v) is 7.07. The summed E-state index contributed by atoms with van der Waals surface area (Å²) >= 11 is 1.27. The quantitative estimate of drug-likeness (QED) is 0.714. The maximum absolute atomic E-state index is 5.74. The summed E-state index contributed by atoms with van der Waals surface area (Å²) in [7, 11) is 0. The van der Waals surface area contributed by atoms with Gasteiger partial charge in [-0.3, -0.25) is 4.57 Å². The van der Waals surface area contributed by atoms with Crippen molar-refractivity contribution in [2.75, 3.05) is 5.73 Å². The Morgan fingerprint density at radius 3 is 2.90 bits per heavy atom. The Hall–Kier alpha value is -2.56. The van der Waals surface area contributed by atoms with Gasteiger partial charge in [0.05, 0.1) is 6.04 Å². The average Bonchev–Trinajstić information content (AvgIpc) is 2.99. The summed E-state index contributed by atoms with van der Waals surface area (Å²) in [6.45, 7) is 0. The average molecular weight is 302 g/mol. The smallest absolute Gasteiger partial charge is 0.240 e. The molecule has 0 atom stereocenters. The summed E-state index contributed by atoms with van der Waals surface area (Å²) in [6, 6.07) is 0.384. The Balaban J connectivity index is 1.67. The summed E-state index contributed by atoms with van der Waals surface area (Å²) in [5.41, 5.74) is 5.74. The summed E-state index contributed by atoms with van der Waals surface area (Å²) < 4.78 is 3.45. The Morgan fingerprint density at radius 1 is 1.24 bits per heavy atom. The summed E-state index contributed by atoms with van der Waals surface area (Å²) in [4.78, 5) is 16.5. The van der Waals surface area contributed by atoms with Gasteiger partial charge in [0.25, 0.3) is 0 Å². The zero-order valence-electron chi connectivity index (χ0n) is 10.7. The van der Waals surface area contributed by atoms with Gasteiger partial charge in [0.1, 0.15) is 6.33 Å². The van der Waals surface area contributed by atoms with E-state index in [4.69, 9.17) is 5.73 Å². The summed E-state index contributed by atoms with van der Waals surface area (Å²) in [5.74, 6) is 0.551. The summed E-state index contributed by atoms with van der Waals surface area (Å²) in [6.07, 6.45) is 7.16. The maximum atomic E-state index is 5.74. The van der Waals surface area contributed by atoms with Crippen LogP contribution in [0.5, 0.6) is 0 Å². The van der Waals surface area contributed by atoms with Crippen LogP contribution >= 0.6 is 11.8 Å². The lowest BCUT2D eigenvalue weighted by Gasteiger charge is -2.04. The monoisotopic (exact) mass is 302 g/mol. The van der Waals surface area contributed by atoms with E-state index in [0.717, 1.165) is 12.8 Å². The van der Waals surface area contributed by atoms with E-state index < -0.39 is 0 Å². The van der Waals surface area contributed by atoms with Crippen molar-refractivity contribution >= 4 is 17.7 Å². The number of anilines is 1. The van der Waals surface area contributed by atoms with Crippen molar-refractivity contribution < 1.29 is 0 Å². The molecule has 10 nitrogen and oxygen atoms in total. The van der Waals surface area contributed by atoms with Crippen LogP contribution < -0.4 is 5.73 Å². The third-order valence-electron chi connectivity index (χ3n) is 2.89. The normalized spacial score (nSPS) is 14.5. The number of aromatic nitrogens is 9.